The van der Waals surface area contributed by atoms with Gasteiger partial charge in [0.1, 0.15) is 4.90 Å². The van der Waals surface area contributed by atoms with Crippen LogP contribution < -0.4 is 10.0 Å². The van der Waals surface area contributed by atoms with Crippen molar-refractivity contribution >= 4 is 33.2 Å². The van der Waals surface area contributed by atoms with Gasteiger partial charge in [0.05, 0.1) is 10.7 Å². The first-order valence-electron chi connectivity index (χ1n) is 8.71. The molecule has 0 aliphatic carbocycles. The summed E-state index contributed by atoms with van der Waals surface area (Å²) in [4.78, 5) is 12.3. The third kappa shape index (κ3) is 5.23. The molecule has 0 saturated carbocycles. The van der Waals surface area contributed by atoms with Crippen LogP contribution in [0, 0.1) is 19.8 Å². The zero-order chi connectivity index (χ0) is 20.4. The summed E-state index contributed by atoms with van der Waals surface area (Å²) in [5.41, 5.74) is 2.45. The average Bonchev–Trinajstić information content (AvgIpc) is 2.57. The van der Waals surface area contributed by atoms with Crippen LogP contribution >= 0.6 is 11.6 Å². The largest absolute Gasteiger partial charge is 0.349 e. The van der Waals surface area contributed by atoms with Gasteiger partial charge in [0.25, 0.3) is 15.9 Å². The predicted molar refractivity (Wildman–Crippen MR) is 110 cm³/mol. The minimum atomic E-state index is -3.95. The lowest BCUT2D eigenvalue weighted by atomic mass is 10.1. The molecule has 7 heteroatoms. The van der Waals surface area contributed by atoms with E-state index >= 15 is 0 Å². The quantitative estimate of drug-likeness (QED) is 0.737. The summed E-state index contributed by atoms with van der Waals surface area (Å²) in [5.74, 6) is -0.0773. The normalized spacial score (nSPS) is 12.7. The molecular formula is C20H25ClN2O3S. The number of sulfonamides is 1. The zero-order valence-electron chi connectivity index (χ0n) is 16.1. The van der Waals surface area contributed by atoms with Crippen molar-refractivity contribution in [3.8, 4) is 0 Å². The third-order valence-corrected chi connectivity index (χ3v) is 6.33. The first-order valence-corrected chi connectivity index (χ1v) is 10.6. The van der Waals surface area contributed by atoms with Crippen LogP contribution in [0.15, 0.2) is 41.3 Å². The van der Waals surface area contributed by atoms with Crippen LogP contribution in [-0.2, 0) is 10.0 Å². The van der Waals surface area contributed by atoms with Gasteiger partial charge in [0.15, 0.2) is 0 Å². The molecule has 146 valence electrons. The molecule has 27 heavy (non-hydrogen) atoms. The molecule has 0 heterocycles. The second kappa shape index (κ2) is 8.31. The molecule has 0 aromatic heterocycles. The van der Waals surface area contributed by atoms with Crippen molar-refractivity contribution in [3.05, 3.63) is 58.1 Å². The number of carbonyl (C=O) groups is 1. The highest BCUT2D eigenvalue weighted by atomic mass is 35.5. The Morgan fingerprint density at radius 3 is 2.33 bits per heavy atom. The van der Waals surface area contributed by atoms with E-state index in [0.29, 0.717) is 5.69 Å². The summed E-state index contributed by atoms with van der Waals surface area (Å²) >= 11 is 6.13. The fourth-order valence-corrected chi connectivity index (χ4v) is 4.00. The lowest BCUT2D eigenvalue weighted by Gasteiger charge is -2.18. The SMILES string of the molecule is Cc1ccc(C)c(NS(=O)(=O)c2cc(C(=O)N[C@@H](C)C(C)C)ccc2Cl)c1. The number of amides is 1. The average molecular weight is 409 g/mol. The number of halogens is 1. The highest BCUT2D eigenvalue weighted by Gasteiger charge is 2.22. The van der Waals surface area contributed by atoms with Crippen LogP contribution in [0.2, 0.25) is 5.02 Å². The lowest BCUT2D eigenvalue weighted by Crippen LogP contribution is -2.36. The van der Waals surface area contributed by atoms with Crippen LogP contribution in [0.25, 0.3) is 0 Å². The number of nitrogens with one attached hydrogen (secondary N) is 2. The smallest absolute Gasteiger partial charge is 0.263 e. The van der Waals surface area contributed by atoms with Gasteiger partial charge in [-0.2, -0.15) is 0 Å². The van der Waals surface area contributed by atoms with Gasteiger partial charge < -0.3 is 5.32 Å². The summed E-state index contributed by atoms with van der Waals surface area (Å²) in [6.07, 6.45) is 0. The van der Waals surface area contributed by atoms with E-state index < -0.39 is 10.0 Å². The second-order valence-electron chi connectivity index (χ2n) is 7.08. The Morgan fingerprint density at radius 2 is 1.70 bits per heavy atom. The summed E-state index contributed by atoms with van der Waals surface area (Å²) in [6.45, 7) is 9.59. The van der Waals surface area contributed by atoms with E-state index in [1.165, 1.54) is 18.2 Å². The predicted octanol–water partition coefficient (Wildman–Crippen LogP) is 4.53. The van der Waals surface area contributed by atoms with E-state index in [1.807, 2.05) is 46.8 Å². The molecule has 2 rings (SSSR count). The molecule has 0 fully saturated rings. The molecule has 0 aliphatic rings. The van der Waals surface area contributed by atoms with Crippen molar-refractivity contribution in [2.75, 3.05) is 4.72 Å². The Bertz CT molecular complexity index is 956. The molecular weight excluding hydrogens is 384 g/mol. The van der Waals surface area contributed by atoms with Crippen LogP contribution in [0.5, 0.6) is 0 Å². The molecule has 1 amide bonds. The second-order valence-corrected chi connectivity index (χ2v) is 9.13. The number of anilines is 1. The van der Waals surface area contributed by atoms with Crippen molar-refractivity contribution in [2.45, 2.75) is 45.6 Å². The van der Waals surface area contributed by atoms with Crippen LogP contribution in [0.4, 0.5) is 5.69 Å². The minimum Gasteiger partial charge on any atom is -0.349 e. The van der Waals surface area contributed by atoms with Gasteiger partial charge >= 0.3 is 0 Å². The number of rotatable bonds is 6. The summed E-state index contributed by atoms with van der Waals surface area (Å²) in [7, 11) is -3.95. The fraction of sp³-hybridized carbons (Fsp3) is 0.350. The van der Waals surface area contributed by atoms with E-state index in [0.717, 1.165) is 11.1 Å². The Labute approximate surface area is 166 Å². The maximum atomic E-state index is 12.9. The Balaban J connectivity index is 2.36. The molecule has 0 radical (unpaired) electrons. The minimum absolute atomic E-state index is 0.0405. The highest BCUT2D eigenvalue weighted by molar-refractivity contribution is 7.92. The molecule has 2 N–H and O–H groups in total. The summed E-state index contributed by atoms with van der Waals surface area (Å²) in [6, 6.07) is 9.70. The first-order chi connectivity index (χ1) is 12.5. The molecule has 2 aromatic rings. The topological polar surface area (TPSA) is 75.3 Å². The monoisotopic (exact) mass is 408 g/mol. The van der Waals surface area contributed by atoms with E-state index in [-0.39, 0.29) is 33.3 Å². The van der Waals surface area contributed by atoms with E-state index in [9.17, 15) is 13.2 Å². The van der Waals surface area contributed by atoms with Gasteiger partial charge in [0, 0.05) is 11.6 Å². The van der Waals surface area contributed by atoms with Gasteiger partial charge in [-0.3, -0.25) is 9.52 Å². The van der Waals surface area contributed by atoms with E-state index in [1.54, 1.807) is 6.07 Å². The van der Waals surface area contributed by atoms with Crippen LogP contribution in [-0.4, -0.2) is 20.4 Å². The molecule has 5 nitrogen and oxygen atoms in total. The van der Waals surface area contributed by atoms with E-state index in [4.69, 9.17) is 11.6 Å². The van der Waals surface area contributed by atoms with Gasteiger partial charge in [-0.15, -0.1) is 0 Å². The van der Waals surface area contributed by atoms with Crippen LogP contribution in [0.1, 0.15) is 42.3 Å². The van der Waals surface area contributed by atoms with Crippen molar-refractivity contribution in [3.63, 3.8) is 0 Å². The van der Waals surface area contributed by atoms with Crippen molar-refractivity contribution in [2.24, 2.45) is 5.92 Å². The summed E-state index contributed by atoms with van der Waals surface area (Å²) in [5, 5.41) is 2.92. The van der Waals surface area contributed by atoms with E-state index in [2.05, 4.69) is 10.0 Å². The van der Waals surface area contributed by atoms with Gasteiger partial charge in [-0.05, 0) is 62.1 Å². The Hall–Kier alpha value is -2.05. The molecule has 2 aromatic carbocycles. The number of benzene rings is 2. The van der Waals surface area contributed by atoms with Gasteiger partial charge in [-0.25, -0.2) is 8.42 Å². The number of hydrogen-bond acceptors (Lipinski definition) is 3. The summed E-state index contributed by atoms with van der Waals surface area (Å²) < 4.78 is 28.3. The Morgan fingerprint density at radius 1 is 1.04 bits per heavy atom. The Kier molecular flexibility index (Phi) is 6.54. The van der Waals surface area contributed by atoms with Crippen molar-refractivity contribution < 1.29 is 13.2 Å². The van der Waals surface area contributed by atoms with Crippen molar-refractivity contribution in [1.82, 2.24) is 5.32 Å². The lowest BCUT2D eigenvalue weighted by molar-refractivity contribution is 0.0930. The zero-order valence-corrected chi connectivity index (χ0v) is 17.7. The number of carbonyl (C=O) groups excluding carboxylic acids is 1. The molecule has 0 aliphatic heterocycles. The first kappa shape index (κ1) is 21.3. The fourth-order valence-electron chi connectivity index (χ4n) is 2.35. The molecule has 0 unspecified atom stereocenters. The number of hydrogen-bond donors (Lipinski definition) is 2. The standard InChI is InChI=1S/C20H25ClN2O3S/c1-12(2)15(5)22-20(24)16-8-9-17(21)19(11-16)27(25,26)23-18-10-13(3)6-7-14(18)4/h6-12,15,23H,1-5H3,(H,22,24)/t15-/m0/s1. The van der Waals surface area contributed by atoms with Gasteiger partial charge in [-0.1, -0.05) is 37.6 Å². The van der Waals surface area contributed by atoms with Crippen LogP contribution in [0.3, 0.4) is 0 Å². The van der Waals surface area contributed by atoms with Gasteiger partial charge in [0.2, 0.25) is 0 Å². The maximum absolute atomic E-state index is 12.9. The molecule has 0 spiro atoms. The molecule has 0 saturated heterocycles. The third-order valence-electron chi connectivity index (χ3n) is 4.48. The number of aryl methyl sites for hydroxylation is 2. The van der Waals surface area contributed by atoms with Crippen molar-refractivity contribution in [1.29, 1.82) is 0 Å². The maximum Gasteiger partial charge on any atom is 0.263 e. The molecule has 1 atom stereocenters. The molecule has 0 bridgehead atoms. The highest BCUT2D eigenvalue weighted by Crippen LogP contribution is 2.27.